The van der Waals surface area contributed by atoms with Gasteiger partial charge >= 0.3 is 0 Å². The average Bonchev–Trinajstić information content (AvgIpc) is 2.93. The van der Waals surface area contributed by atoms with Gasteiger partial charge in [0.15, 0.2) is 5.17 Å². The summed E-state index contributed by atoms with van der Waals surface area (Å²) in [5.41, 5.74) is 2.50. The molecule has 0 spiro atoms. The predicted molar refractivity (Wildman–Crippen MR) is 108 cm³/mol. The van der Waals surface area contributed by atoms with Crippen molar-refractivity contribution in [3.05, 3.63) is 76.7 Å². The van der Waals surface area contributed by atoms with Gasteiger partial charge in [0.2, 0.25) is 0 Å². The molecule has 2 aromatic carbocycles. The second-order valence-electron chi connectivity index (χ2n) is 5.84. The zero-order chi connectivity index (χ0) is 18.5. The number of aromatic hydroxyl groups is 1. The topological polar surface area (TPSA) is 52.9 Å². The van der Waals surface area contributed by atoms with E-state index in [2.05, 4.69) is 4.99 Å². The van der Waals surface area contributed by atoms with E-state index in [1.165, 1.54) is 11.8 Å². The van der Waals surface area contributed by atoms with Crippen LogP contribution in [0.15, 0.2) is 70.6 Å². The lowest BCUT2D eigenvalue weighted by molar-refractivity contribution is -0.122. The van der Waals surface area contributed by atoms with Crippen LogP contribution in [0.2, 0.25) is 0 Å². The fourth-order valence-electron chi connectivity index (χ4n) is 2.53. The third-order valence-electron chi connectivity index (χ3n) is 3.89. The zero-order valence-corrected chi connectivity index (χ0v) is 15.5. The van der Waals surface area contributed by atoms with Crippen LogP contribution in [0.1, 0.15) is 18.1 Å². The number of aryl methyl sites for hydroxylation is 1. The summed E-state index contributed by atoms with van der Waals surface area (Å²) in [7, 11) is 0. The molecule has 2 aromatic rings. The van der Waals surface area contributed by atoms with Crippen molar-refractivity contribution in [1.82, 2.24) is 4.90 Å². The predicted octanol–water partition coefficient (Wildman–Crippen LogP) is 4.88. The summed E-state index contributed by atoms with van der Waals surface area (Å²) in [6.45, 7) is 4.34. The number of amidine groups is 1. The van der Waals surface area contributed by atoms with Crippen molar-refractivity contribution in [3.8, 4) is 5.75 Å². The van der Waals surface area contributed by atoms with Gasteiger partial charge in [-0.2, -0.15) is 0 Å². The lowest BCUT2D eigenvalue weighted by Crippen LogP contribution is -2.28. The van der Waals surface area contributed by atoms with Gasteiger partial charge < -0.3 is 5.11 Å². The van der Waals surface area contributed by atoms with Crippen LogP contribution in [0.5, 0.6) is 5.75 Å². The number of rotatable bonds is 4. The first-order chi connectivity index (χ1) is 12.6. The molecule has 0 unspecified atom stereocenters. The number of hydrogen-bond donors (Lipinski definition) is 1. The molecule has 0 atom stereocenters. The number of thioether (sulfide) groups is 1. The first kappa shape index (κ1) is 18.0. The Hall–Kier alpha value is -2.79. The maximum Gasteiger partial charge on any atom is 0.266 e. The minimum Gasteiger partial charge on any atom is -0.506 e. The Morgan fingerprint density at radius 2 is 1.96 bits per heavy atom. The number of allylic oxidation sites excluding steroid dienone is 2. The Morgan fingerprint density at radius 1 is 1.19 bits per heavy atom. The van der Waals surface area contributed by atoms with Crippen LogP contribution in [0.3, 0.4) is 0 Å². The van der Waals surface area contributed by atoms with E-state index in [4.69, 9.17) is 0 Å². The first-order valence-electron chi connectivity index (χ1n) is 8.40. The Bertz CT molecular complexity index is 901. The standard InChI is InChI=1S/C21H20N2O2S/c1-3-23-20(25)19(11-7-10-16-8-5-4-6-9-16)26-21(23)22-17-13-12-15(2)14-18(17)24/h4-14,24H,3H2,1-2H3/b10-7+,19-11-,22-21?. The van der Waals surface area contributed by atoms with Gasteiger partial charge in [0.05, 0.1) is 4.91 Å². The van der Waals surface area contributed by atoms with Crippen molar-refractivity contribution in [2.24, 2.45) is 4.99 Å². The molecule has 4 nitrogen and oxygen atoms in total. The second kappa shape index (κ2) is 8.06. The van der Waals surface area contributed by atoms with Crippen LogP contribution >= 0.6 is 11.8 Å². The number of phenolic OH excluding ortho intramolecular Hbond substituents is 1. The molecule has 5 heteroatoms. The molecule has 0 aromatic heterocycles. The molecule has 1 fully saturated rings. The second-order valence-corrected chi connectivity index (χ2v) is 6.85. The van der Waals surface area contributed by atoms with Gasteiger partial charge in [0.25, 0.3) is 5.91 Å². The summed E-state index contributed by atoms with van der Waals surface area (Å²) < 4.78 is 0. The first-order valence-corrected chi connectivity index (χ1v) is 9.21. The molecule has 0 aliphatic carbocycles. The number of aliphatic imine (C=N–C) groups is 1. The third-order valence-corrected chi connectivity index (χ3v) is 4.91. The Morgan fingerprint density at radius 3 is 2.65 bits per heavy atom. The van der Waals surface area contributed by atoms with Crippen LogP contribution in [0, 0.1) is 6.92 Å². The molecule has 26 heavy (non-hydrogen) atoms. The van der Waals surface area contributed by atoms with E-state index >= 15 is 0 Å². The number of phenols is 1. The molecule has 1 aliphatic heterocycles. The highest BCUT2D eigenvalue weighted by molar-refractivity contribution is 8.18. The molecule has 0 radical (unpaired) electrons. The van der Waals surface area contributed by atoms with E-state index in [1.54, 1.807) is 23.1 Å². The number of carbonyl (C=O) groups excluding carboxylic acids is 1. The molecular formula is C21H20N2O2S. The summed E-state index contributed by atoms with van der Waals surface area (Å²) in [5.74, 6) is 0.0450. The fourth-order valence-corrected chi connectivity index (χ4v) is 3.53. The Balaban J connectivity index is 1.85. The van der Waals surface area contributed by atoms with Crippen LogP contribution in [0.25, 0.3) is 6.08 Å². The van der Waals surface area contributed by atoms with Crippen molar-refractivity contribution in [2.75, 3.05) is 6.54 Å². The molecule has 0 bridgehead atoms. The molecule has 1 saturated heterocycles. The summed E-state index contributed by atoms with van der Waals surface area (Å²) in [6.07, 6.45) is 5.63. The van der Waals surface area contributed by atoms with Gasteiger partial charge in [-0.15, -0.1) is 0 Å². The normalized spacial score (nSPS) is 17.8. The van der Waals surface area contributed by atoms with E-state index in [0.717, 1.165) is 11.1 Å². The van der Waals surface area contributed by atoms with Crippen LogP contribution < -0.4 is 0 Å². The van der Waals surface area contributed by atoms with Crippen LogP contribution in [-0.2, 0) is 4.79 Å². The highest BCUT2D eigenvalue weighted by Crippen LogP contribution is 2.35. The highest BCUT2D eigenvalue weighted by atomic mass is 32.2. The largest absolute Gasteiger partial charge is 0.506 e. The average molecular weight is 364 g/mol. The van der Waals surface area contributed by atoms with E-state index in [0.29, 0.717) is 22.3 Å². The number of nitrogens with zero attached hydrogens (tertiary/aromatic N) is 2. The lowest BCUT2D eigenvalue weighted by atomic mass is 10.2. The summed E-state index contributed by atoms with van der Waals surface area (Å²) >= 11 is 1.32. The van der Waals surface area contributed by atoms with Gasteiger partial charge in [-0.1, -0.05) is 48.6 Å². The molecule has 3 rings (SSSR count). The van der Waals surface area contributed by atoms with Crippen molar-refractivity contribution >= 4 is 34.6 Å². The monoisotopic (exact) mass is 364 g/mol. The van der Waals surface area contributed by atoms with E-state index in [9.17, 15) is 9.90 Å². The van der Waals surface area contributed by atoms with Crippen LogP contribution in [0.4, 0.5) is 5.69 Å². The minimum atomic E-state index is -0.0689. The fraction of sp³-hybridized carbons (Fsp3) is 0.143. The van der Waals surface area contributed by atoms with Gasteiger partial charge in [-0.05, 0) is 54.9 Å². The molecular weight excluding hydrogens is 344 g/mol. The number of likely N-dealkylation sites (N-methyl/N-ethyl adjacent to an activating group) is 1. The Labute approximate surface area is 157 Å². The molecule has 1 amide bonds. The minimum absolute atomic E-state index is 0.0689. The smallest absolute Gasteiger partial charge is 0.266 e. The van der Waals surface area contributed by atoms with Crippen molar-refractivity contribution in [1.29, 1.82) is 0 Å². The Kier molecular flexibility index (Phi) is 5.58. The number of hydrogen-bond acceptors (Lipinski definition) is 4. The van der Waals surface area contributed by atoms with Crippen molar-refractivity contribution in [3.63, 3.8) is 0 Å². The summed E-state index contributed by atoms with van der Waals surface area (Å²) in [5, 5.41) is 10.6. The molecule has 1 aliphatic rings. The van der Waals surface area contributed by atoms with Gasteiger partial charge in [-0.25, -0.2) is 4.99 Å². The summed E-state index contributed by atoms with van der Waals surface area (Å²) in [6, 6.07) is 15.2. The molecule has 132 valence electrons. The van der Waals surface area contributed by atoms with Crippen molar-refractivity contribution in [2.45, 2.75) is 13.8 Å². The third kappa shape index (κ3) is 4.06. The SMILES string of the molecule is CCN1C(=O)/C(=C/C=C/c2ccccc2)SC1=Nc1ccc(C)cc1O. The van der Waals surface area contributed by atoms with E-state index < -0.39 is 0 Å². The quantitative estimate of drug-likeness (QED) is 0.787. The summed E-state index contributed by atoms with van der Waals surface area (Å²) in [4.78, 5) is 19.3. The highest BCUT2D eigenvalue weighted by Gasteiger charge is 2.31. The lowest BCUT2D eigenvalue weighted by Gasteiger charge is -2.12. The van der Waals surface area contributed by atoms with Gasteiger partial charge in [0.1, 0.15) is 11.4 Å². The number of amides is 1. The molecule has 0 saturated carbocycles. The zero-order valence-electron chi connectivity index (χ0n) is 14.7. The van der Waals surface area contributed by atoms with Crippen molar-refractivity contribution < 1.29 is 9.90 Å². The van der Waals surface area contributed by atoms with Gasteiger partial charge in [0, 0.05) is 6.54 Å². The van der Waals surface area contributed by atoms with E-state index in [-0.39, 0.29) is 11.7 Å². The molecule has 1 heterocycles. The number of carbonyl (C=O) groups is 1. The van der Waals surface area contributed by atoms with E-state index in [1.807, 2.05) is 62.4 Å². The maximum absolute atomic E-state index is 12.6. The maximum atomic E-state index is 12.6. The number of benzene rings is 2. The molecule has 1 N–H and O–H groups in total. The van der Waals surface area contributed by atoms with Gasteiger partial charge in [-0.3, -0.25) is 9.69 Å². The van der Waals surface area contributed by atoms with Crippen LogP contribution in [-0.4, -0.2) is 27.6 Å².